The maximum atomic E-state index is 12.9. The van der Waals surface area contributed by atoms with E-state index in [1.165, 1.54) is 0 Å². The summed E-state index contributed by atoms with van der Waals surface area (Å²) in [5.74, 6) is 0.0200. The van der Waals surface area contributed by atoms with Crippen LogP contribution in [0.25, 0.3) is 10.4 Å². The van der Waals surface area contributed by atoms with Gasteiger partial charge in [-0.2, -0.15) is 0 Å². The van der Waals surface area contributed by atoms with Gasteiger partial charge < -0.3 is 15.5 Å². The van der Waals surface area contributed by atoms with Crippen LogP contribution in [0.2, 0.25) is 0 Å². The second-order valence-electron chi connectivity index (χ2n) is 6.95. The number of hydrogen-bond acceptors (Lipinski definition) is 5. The number of fused-ring (bicyclic) bond motifs is 4. The first-order valence-corrected chi connectivity index (χ1v) is 9.72. The number of nitrogens with zero attached hydrogens (tertiary/aromatic N) is 2. The summed E-state index contributed by atoms with van der Waals surface area (Å²) in [5, 5.41) is 6.97. The number of benzene rings is 1. The van der Waals surface area contributed by atoms with Crippen LogP contribution >= 0.6 is 11.3 Å². The van der Waals surface area contributed by atoms with Crippen LogP contribution < -0.4 is 10.6 Å². The molecule has 6 nitrogen and oxygen atoms in total. The van der Waals surface area contributed by atoms with E-state index in [-0.39, 0.29) is 23.8 Å². The molecule has 2 bridgehead atoms. The number of rotatable bonds is 3. The van der Waals surface area contributed by atoms with E-state index in [1.807, 2.05) is 43.1 Å². The lowest BCUT2D eigenvalue weighted by Gasteiger charge is -2.23. The normalized spacial score (nSPS) is 22.1. The monoisotopic (exact) mass is 370 g/mol. The molecule has 4 heterocycles. The highest BCUT2D eigenvalue weighted by Crippen LogP contribution is 2.33. The molecule has 3 aliphatic heterocycles. The number of thiazole rings is 1. The van der Waals surface area contributed by atoms with Crippen molar-refractivity contribution in [2.45, 2.75) is 25.8 Å². The molecule has 2 amide bonds. The Morgan fingerprint density at radius 3 is 2.69 bits per heavy atom. The number of carbonyl (C=O) groups is 2. The van der Waals surface area contributed by atoms with Gasteiger partial charge in [0.1, 0.15) is 0 Å². The van der Waals surface area contributed by atoms with Gasteiger partial charge in [0, 0.05) is 31.7 Å². The van der Waals surface area contributed by atoms with Crippen molar-refractivity contribution >= 4 is 28.3 Å². The average molecular weight is 370 g/mol. The SMILES string of the molecule is CNc1nc(C)c(-c2ccc(C(=O)N3CC4CCC(C3)C(=O)N4)cc2)s1. The van der Waals surface area contributed by atoms with Gasteiger partial charge in [0.15, 0.2) is 5.13 Å². The second-order valence-corrected chi connectivity index (χ2v) is 7.95. The Labute approximate surface area is 156 Å². The number of carbonyl (C=O) groups excluding carboxylic acids is 2. The average Bonchev–Trinajstić information content (AvgIpc) is 2.81. The fraction of sp³-hybridized carbons (Fsp3) is 0.421. The molecule has 26 heavy (non-hydrogen) atoms. The molecule has 2 atom stereocenters. The van der Waals surface area contributed by atoms with Gasteiger partial charge in [-0.1, -0.05) is 23.5 Å². The summed E-state index contributed by atoms with van der Waals surface area (Å²) in [6.07, 6.45) is 1.83. The van der Waals surface area contributed by atoms with Crippen molar-refractivity contribution in [3.8, 4) is 10.4 Å². The Morgan fingerprint density at radius 2 is 2.04 bits per heavy atom. The minimum absolute atomic E-state index is 0.00175. The molecule has 2 aromatic rings. The van der Waals surface area contributed by atoms with Gasteiger partial charge in [0.25, 0.3) is 5.91 Å². The Balaban J connectivity index is 1.54. The minimum atomic E-state index is -0.0724. The molecular weight excluding hydrogens is 348 g/mol. The Kier molecular flexibility index (Phi) is 4.40. The Hall–Kier alpha value is -2.41. The van der Waals surface area contributed by atoms with Gasteiger partial charge in [-0.05, 0) is 37.5 Å². The number of anilines is 1. The number of nitrogens with one attached hydrogen (secondary N) is 2. The van der Waals surface area contributed by atoms with Crippen LogP contribution in [0.3, 0.4) is 0 Å². The lowest BCUT2D eigenvalue weighted by Crippen LogP contribution is -2.43. The lowest BCUT2D eigenvalue weighted by molar-refractivity contribution is -0.126. The molecule has 3 fully saturated rings. The van der Waals surface area contributed by atoms with E-state index in [2.05, 4.69) is 15.6 Å². The van der Waals surface area contributed by atoms with Crippen molar-refractivity contribution < 1.29 is 9.59 Å². The molecule has 1 aromatic carbocycles. The summed E-state index contributed by atoms with van der Waals surface area (Å²) in [5.41, 5.74) is 2.71. The number of piperidine rings is 1. The third kappa shape index (κ3) is 3.07. The van der Waals surface area contributed by atoms with Crippen molar-refractivity contribution in [1.29, 1.82) is 0 Å². The highest BCUT2D eigenvalue weighted by molar-refractivity contribution is 7.19. The predicted octanol–water partition coefficient (Wildman–Crippen LogP) is 2.51. The minimum Gasteiger partial charge on any atom is -0.365 e. The standard InChI is InChI=1S/C19H22N4O2S/c1-11-16(26-19(20-2)21-11)12-3-5-13(6-4-12)18(25)23-9-14-7-8-15(10-23)22-17(14)24/h3-6,14-15H,7-10H2,1-2H3,(H,20,21)(H,22,24). The quantitative estimate of drug-likeness (QED) is 0.871. The Morgan fingerprint density at radius 1 is 1.27 bits per heavy atom. The van der Waals surface area contributed by atoms with Crippen molar-refractivity contribution in [2.24, 2.45) is 5.92 Å². The van der Waals surface area contributed by atoms with Gasteiger partial charge >= 0.3 is 0 Å². The number of amides is 2. The summed E-state index contributed by atoms with van der Waals surface area (Å²) in [4.78, 5) is 32.3. The van der Waals surface area contributed by atoms with E-state index in [9.17, 15) is 9.59 Å². The molecule has 5 rings (SSSR count). The smallest absolute Gasteiger partial charge is 0.253 e. The van der Waals surface area contributed by atoms with Crippen LogP contribution in [-0.4, -0.2) is 47.9 Å². The molecule has 0 radical (unpaired) electrons. The van der Waals surface area contributed by atoms with Crippen LogP contribution in [0.1, 0.15) is 28.9 Å². The van der Waals surface area contributed by atoms with Gasteiger partial charge in [0.05, 0.1) is 16.5 Å². The highest BCUT2D eigenvalue weighted by Gasteiger charge is 2.36. The molecule has 2 unspecified atom stereocenters. The molecule has 3 aliphatic rings. The summed E-state index contributed by atoms with van der Waals surface area (Å²) in [6.45, 7) is 3.10. The molecule has 2 N–H and O–H groups in total. The molecule has 1 aromatic heterocycles. The first kappa shape index (κ1) is 17.0. The Bertz CT molecular complexity index is 846. The number of hydrogen-bond donors (Lipinski definition) is 2. The van der Waals surface area contributed by atoms with E-state index in [0.717, 1.165) is 34.1 Å². The second kappa shape index (κ2) is 6.72. The maximum Gasteiger partial charge on any atom is 0.253 e. The maximum absolute atomic E-state index is 12.9. The highest BCUT2D eigenvalue weighted by atomic mass is 32.1. The van der Waals surface area contributed by atoms with Crippen LogP contribution in [-0.2, 0) is 4.79 Å². The summed E-state index contributed by atoms with van der Waals surface area (Å²) in [7, 11) is 1.86. The third-order valence-electron chi connectivity index (χ3n) is 5.15. The fourth-order valence-electron chi connectivity index (χ4n) is 3.73. The van der Waals surface area contributed by atoms with Crippen LogP contribution in [0.5, 0.6) is 0 Å². The van der Waals surface area contributed by atoms with E-state index in [4.69, 9.17) is 0 Å². The summed E-state index contributed by atoms with van der Waals surface area (Å²) >= 11 is 1.60. The predicted molar refractivity (Wildman–Crippen MR) is 102 cm³/mol. The van der Waals surface area contributed by atoms with Crippen molar-refractivity contribution in [3.63, 3.8) is 0 Å². The van der Waals surface area contributed by atoms with Gasteiger partial charge in [-0.15, -0.1) is 0 Å². The van der Waals surface area contributed by atoms with Crippen LogP contribution in [0, 0.1) is 12.8 Å². The van der Waals surface area contributed by atoms with Gasteiger partial charge in [-0.3, -0.25) is 9.59 Å². The molecule has 0 aliphatic carbocycles. The lowest BCUT2D eigenvalue weighted by atomic mass is 9.96. The van der Waals surface area contributed by atoms with E-state index >= 15 is 0 Å². The van der Waals surface area contributed by atoms with Gasteiger partial charge in [0.2, 0.25) is 5.91 Å². The van der Waals surface area contributed by atoms with Crippen molar-refractivity contribution in [3.05, 3.63) is 35.5 Å². The number of aromatic nitrogens is 1. The number of aryl methyl sites for hydroxylation is 1. The van der Waals surface area contributed by atoms with Crippen LogP contribution in [0.4, 0.5) is 5.13 Å². The molecule has 136 valence electrons. The molecule has 0 saturated carbocycles. The van der Waals surface area contributed by atoms with Crippen molar-refractivity contribution in [2.75, 3.05) is 25.5 Å². The summed E-state index contributed by atoms with van der Waals surface area (Å²) in [6, 6.07) is 7.78. The van der Waals surface area contributed by atoms with E-state index in [1.54, 1.807) is 11.3 Å². The molecule has 3 saturated heterocycles. The first-order valence-electron chi connectivity index (χ1n) is 8.90. The topological polar surface area (TPSA) is 74.3 Å². The zero-order valence-corrected chi connectivity index (χ0v) is 15.7. The zero-order chi connectivity index (χ0) is 18.3. The molecule has 7 heteroatoms. The fourth-order valence-corrected chi connectivity index (χ4v) is 4.65. The molecular formula is C19H22N4O2S. The summed E-state index contributed by atoms with van der Waals surface area (Å²) < 4.78 is 0. The van der Waals surface area contributed by atoms with Crippen LogP contribution in [0.15, 0.2) is 24.3 Å². The van der Waals surface area contributed by atoms with Crippen molar-refractivity contribution in [1.82, 2.24) is 15.2 Å². The van der Waals surface area contributed by atoms with Gasteiger partial charge in [-0.25, -0.2) is 4.98 Å². The van der Waals surface area contributed by atoms with E-state index < -0.39 is 0 Å². The molecule has 0 spiro atoms. The largest absolute Gasteiger partial charge is 0.365 e. The third-order valence-corrected chi connectivity index (χ3v) is 6.38. The van der Waals surface area contributed by atoms with E-state index in [0.29, 0.717) is 18.7 Å². The first-order chi connectivity index (χ1) is 12.5. The zero-order valence-electron chi connectivity index (χ0n) is 14.9.